The number of fused-ring (bicyclic) bond motifs is 1. The molecular weight excluding hydrogens is 152 g/mol. The Bertz CT molecular complexity index is 391. The van der Waals surface area contributed by atoms with Gasteiger partial charge in [-0.2, -0.15) is 5.10 Å². The van der Waals surface area contributed by atoms with E-state index in [-0.39, 0.29) is 0 Å². The maximum Gasteiger partial charge on any atom is 0.184 e. The fourth-order valence-corrected chi connectivity index (χ4v) is 1.22. The van der Waals surface area contributed by atoms with E-state index in [1.54, 1.807) is 6.20 Å². The molecule has 4 nitrogen and oxygen atoms in total. The van der Waals surface area contributed by atoms with Crippen molar-refractivity contribution < 1.29 is 0 Å². The lowest BCUT2D eigenvalue weighted by molar-refractivity contribution is 0.817. The summed E-state index contributed by atoms with van der Waals surface area (Å²) >= 11 is 0. The molecule has 0 radical (unpaired) electrons. The Labute approximate surface area is 70.0 Å². The lowest BCUT2D eigenvalue weighted by Crippen LogP contribution is -1.87. The molecule has 0 saturated heterocycles. The van der Waals surface area contributed by atoms with Crippen molar-refractivity contribution in [3.05, 3.63) is 18.2 Å². The number of hydrogen-bond donors (Lipinski definition) is 1. The molecule has 4 heteroatoms. The Kier molecular flexibility index (Phi) is 1.53. The normalized spacial score (nSPS) is 11.2. The molecular formula is C8H10N4. The highest BCUT2D eigenvalue weighted by molar-refractivity contribution is 5.76. The molecule has 2 aromatic rings. The van der Waals surface area contributed by atoms with Crippen LogP contribution in [0.3, 0.4) is 0 Å². The summed E-state index contributed by atoms with van der Waals surface area (Å²) in [5, 5.41) is 8.05. The Hall–Kier alpha value is -1.45. The molecule has 0 bridgehead atoms. The zero-order valence-electron chi connectivity index (χ0n) is 7.07. The van der Waals surface area contributed by atoms with Crippen LogP contribution in [-0.2, 0) is 0 Å². The van der Waals surface area contributed by atoms with Gasteiger partial charge in [0.15, 0.2) is 5.65 Å². The maximum atomic E-state index is 4.06. The van der Waals surface area contributed by atoms with Crippen molar-refractivity contribution in [2.45, 2.75) is 19.8 Å². The van der Waals surface area contributed by atoms with Crippen LogP contribution in [0.1, 0.15) is 25.5 Å². The Morgan fingerprint density at radius 2 is 2.25 bits per heavy atom. The van der Waals surface area contributed by atoms with E-state index in [2.05, 4.69) is 34.0 Å². The fraction of sp³-hybridized carbons (Fsp3) is 0.375. The number of aromatic amines is 1. The fourth-order valence-electron chi connectivity index (χ4n) is 1.22. The molecule has 2 heterocycles. The molecule has 0 aliphatic heterocycles. The van der Waals surface area contributed by atoms with Gasteiger partial charge in [0.2, 0.25) is 0 Å². The van der Waals surface area contributed by atoms with Crippen LogP contribution in [0.4, 0.5) is 0 Å². The highest BCUT2D eigenvalue weighted by Crippen LogP contribution is 2.19. The molecule has 0 aliphatic rings. The van der Waals surface area contributed by atoms with E-state index in [0.717, 1.165) is 16.7 Å². The minimum atomic E-state index is 0.431. The number of nitrogens with one attached hydrogen (secondary N) is 1. The third-order valence-electron chi connectivity index (χ3n) is 1.84. The molecule has 0 amide bonds. The van der Waals surface area contributed by atoms with Crippen LogP contribution in [0.2, 0.25) is 0 Å². The zero-order chi connectivity index (χ0) is 8.55. The van der Waals surface area contributed by atoms with Gasteiger partial charge in [0, 0.05) is 11.9 Å². The van der Waals surface area contributed by atoms with Crippen molar-refractivity contribution in [3.8, 4) is 0 Å². The molecule has 0 saturated carbocycles. The predicted octanol–water partition coefficient (Wildman–Crippen LogP) is 1.48. The van der Waals surface area contributed by atoms with Crippen LogP contribution in [0, 0.1) is 0 Å². The van der Waals surface area contributed by atoms with Crippen molar-refractivity contribution in [3.63, 3.8) is 0 Å². The second-order valence-electron chi connectivity index (χ2n) is 3.05. The lowest BCUT2D eigenvalue weighted by atomic mass is 10.1. The Morgan fingerprint density at radius 1 is 1.42 bits per heavy atom. The Morgan fingerprint density at radius 3 is 3.00 bits per heavy atom. The predicted molar refractivity (Wildman–Crippen MR) is 45.8 cm³/mol. The van der Waals surface area contributed by atoms with E-state index in [4.69, 9.17) is 0 Å². The number of nitrogens with zero attached hydrogens (tertiary/aromatic N) is 3. The van der Waals surface area contributed by atoms with E-state index >= 15 is 0 Å². The Balaban J connectivity index is 2.70. The first kappa shape index (κ1) is 7.21. The summed E-state index contributed by atoms with van der Waals surface area (Å²) in [5.74, 6) is 0.431. The largest absolute Gasteiger partial charge is 0.279 e. The van der Waals surface area contributed by atoms with Crippen molar-refractivity contribution in [2.75, 3.05) is 0 Å². The third kappa shape index (κ3) is 0.958. The lowest BCUT2D eigenvalue weighted by Gasteiger charge is -1.98. The maximum absolute atomic E-state index is 4.06. The molecule has 0 atom stereocenters. The molecule has 0 fully saturated rings. The van der Waals surface area contributed by atoms with E-state index < -0.39 is 0 Å². The average Bonchev–Trinajstić information content (AvgIpc) is 2.47. The van der Waals surface area contributed by atoms with Crippen LogP contribution in [-0.4, -0.2) is 20.2 Å². The van der Waals surface area contributed by atoms with Crippen molar-refractivity contribution in [1.82, 2.24) is 20.2 Å². The summed E-state index contributed by atoms with van der Waals surface area (Å²) < 4.78 is 0. The summed E-state index contributed by atoms with van der Waals surface area (Å²) in [6, 6.07) is 0. The molecule has 2 rings (SSSR count). The minimum Gasteiger partial charge on any atom is -0.279 e. The standard InChI is InChI=1S/C8H10N4/c1-5(2)7-6-3-9-4-10-8(6)12-11-7/h3-5H,1-2H3,(H,9,10,11,12). The second kappa shape index (κ2) is 2.55. The van der Waals surface area contributed by atoms with Crippen LogP contribution in [0.15, 0.2) is 12.5 Å². The summed E-state index contributed by atoms with van der Waals surface area (Å²) in [6.45, 7) is 4.22. The molecule has 1 N–H and O–H groups in total. The first-order valence-corrected chi connectivity index (χ1v) is 3.93. The number of rotatable bonds is 1. The van der Waals surface area contributed by atoms with E-state index in [0.29, 0.717) is 5.92 Å². The van der Waals surface area contributed by atoms with Crippen LogP contribution < -0.4 is 0 Å². The zero-order valence-corrected chi connectivity index (χ0v) is 7.07. The molecule has 0 unspecified atom stereocenters. The van der Waals surface area contributed by atoms with Gasteiger partial charge in [-0.25, -0.2) is 9.97 Å². The van der Waals surface area contributed by atoms with Gasteiger partial charge in [0.25, 0.3) is 0 Å². The van der Waals surface area contributed by atoms with Gasteiger partial charge < -0.3 is 0 Å². The SMILES string of the molecule is CC(C)c1[nH]nc2ncncc12. The van der Waals surface area contributed by atoms with Gasteiger partial charge in [-0.1, -0.05) is 13.8 Å². The highest BCUT2D eigenvalue weighted by atomic mass is 15.2. The summed E-state index contributed by atoms with van der Waals surface area (Å²) in [7, 11) is 0. The quantitative estimate of drug-likeness (QED) is 0.690. The molecule has 2 aromatic heterocycles. The van der Waals surface area contributed by atoms with Gasteiger partial charge in [-0.15, -0.1) is 0 Å². The average molecular weight is 162 g/mol. The van der Waals surface area contributed by atoms with Gasteiger partial charge >= 0.3 is 0 Å². The number of hydrogen-bond acceptors (Lipinski definition) is 3. The molecule has 0 spiro atoms. The van der Waals surface area contributed by atoms with Gasteiger partial charge in [0.05, 0.1) is 5.39 Å². The van der Waals surface area contributed by atoms with Crippen LogP contribution in [0.5, 0.6) is 0 Å². The molecule has 62 valence electrons. The van der Waals surface area contributed by atoms with E-state index in [9.17, 15) is 0 Å². The van der Waals surface area contributed by atoms with Gasteiger partial charge in [-0.05, 0) is 5.92 Å². The van der Waals surface area contributed by atoms with Crippen LogP contribution in [0.25, 0.3) is 11.0 Å². The topological polar surface area (TPSA) is 54.5 Å². The molecule has 12 heavy (non-hydrogen) atoms. The first-order valence-electron chi connectivity index (χ1n) is 3.93. The molecule has 0 aliphatic carbocycles. The first-order chi connectivity index (χ1) is 5.79. The van der Waals surface area contributed by atoms with Crippen molar-refractivity contribution >= 4 is 11.0 Å². The summed E-state index contributed by atoms with van der Waals surface area (Å²) in [6.07, 6.45) is 3.30. The molecule has 0 aromatic carbocycles. The smallest absolute Gasteiger partial charge is 0.184 e. The summed E-state index contributed by atoms with van der Waals surface area (Å²) in [5.41, 5.74) is 1.85. The summed E-state index contributed by atoms with van der Waals surface area (Å²) in [4.78, 5) is 7.99. The van der Waals surface area contributed by atoms with Crippen molar-refractivity contribution in [2.24, 2.45) is 0 Å². The third-order valence-corrected chi connectivity index (χ3v) is 1.84. The number of aromatic nitrogens is 4. The van der Waals surface area contributed by atoms with E-state index in [1.807, 2.05) is 0 Å². The minimum absolute atomic E-state index is 0.431. The van der Waals surface area contributed by atoms with Gasteiger partial charge in [-0.3, -0.25) is 5.10 Å². The number of H-pyrrole nitrogens is 1. The monoisotopic (exact) mass is 162 g/mol. The van der Waals surface area contributed by atoms with E-state index in [1.165, 1.54) is 6.33 Å². The highest BCUT2D eigenvalue weighted by Gasteiger charge is 2.08. The second-order valence-corrected chi connectivity index (χ2v) is 3.05. The van der Waals surface area contributed by atoms with Gasteiger partial charge in [0.1, 0.15) is 6.33 Å². The van der Waals surface area contributed by atoms with Crippen molar-refractivity contribution in [1.29, 1.82) is 0 Å². The van der Waals surface area contributed by atoms with Crippen LogP contribution >= 0.6 is 0 Å².